The van der Waals surface area contributed by atoms with Crippen molar-refractivity contribution >= 4 is 52.0 Å². The molecule has 2 fully saturated rings. The minimum Gasteiger partial charge on any atom is -0.507 e. The molecule has 3 heterocycles. The van der Waals surface area contributed by atoms with Gasteiger partial charge in [-0.25, -0.2) is 0 Å². The molecule has 1 unspecified atom stereocenters. The fraction of sp³-hybridized carbons (Fsp3) is 0.250. The first-order valence-corrected chi connectivity index (χ1v) is 12.8. The molecular weight excluding hydrogens is 527 g/mol. The molecule has 2 saturated heterocycles. The number of methoxy groups -OCH3 is 1. The molecule has 0 bridgehead atoms. The summed E-state index contributed by atoms with van der Waals surface area (Å²) in [6, 6.07) is 13.0. The number of hydrogen-bond donors (Lipinski definition) is 1. The van der Waals surface area contributed by atoms with Crippen LogP contribution < -0.4 is 14.5 Å². The number of aliphatic hydroxyl groups is 1. The van der Waals surface area contributed by atoms with E-state index in [9.17, 15) is 14.7 Å². The summed E-state index contributed by atoms with van der Waals surface area (Å²) in [5, 5.41) is 11.7. The Morgan fingerprint density at radius 2 is 1.53 bits per heavy atom. The van der Waals surface area contributed by atoms with Crippen LogP contribution in [0.25, 0.3) is 5.76 Å². The van der Waals surface area contributed by atoms with Crippen LogP contribution in [0.3, 0.4) is 0 Å². The lowest BCUT2D eigenvalue weighted by Crippen LogP contribution is -2.44. The number of ketones is 1. The Hall–Kier alpha value is -3.59. The van der Waals surface area contributed by atoms with Crippen LogP contribution in [0.1, 0.15) is 17.2 Å². The fourth-order valence-corrected chi connectivity index (χ4v) is 5.54. The number of likely N-dealkylation sites (N-methyl/N-ethyl adjacent to an activating group) is 1. The lowest BCUT2D eigenvalue weighted by atomic mass is 9.95. The van der Waals surface area contributed by atoms with E-state index in [-0.39, 0.29) is 32.7 Å². The molecule has 1 atom stereocenters. The number of amides is 1. The highest BCUT2D eigenvalue weighted by Crippen LogP contribution is 2.44. The van der Waals surface area contributed by atoms with Crippen molar-refractivity contribution in [3.05, 3.63) is 87.7 Å². The third-order valence-corrected chi connectivity index (χ3v) is 7.50. The van der Waals surface area contributed by atoms with E-state index >= 15 is 0 Å². The molecule has 0 saturated carbocycles. The van der Waals surface area contributed by atoms with Gasteiger partial charge < -0.3 is 19.6 Å². The minimum absolute atomic E-state index is 0.0679. The van der Waals surface area contributed by atoms with Gasteiger partial charge in [0.1, 0.15) is 5.76 Å². The SMILES string of the molecule is COc1c(Cl)cc(/C(O)=C2\C(=O)C(=O)N(c3ccc(N4CCN(C)CC4)cc3)C2c2ccncc2)cc1Cl. The predicted octanol–water partition coefficient (Wildman–Crippen LogP) is 4.78. The number of hydrogen-bond acceptors (Lipinski definition) is 7. The maximum Gasteiger partial charge on any atom is 0.300 e. The number of benzene rings is 2. The lowest BCUT2D eigenvalue weighted by Gasteiger charge is -2.34. The molecule has 0 radical (unpaired) electrons. The molecule has 3 aromatic rings. The van der Waals surface area contributed by atoms with Crippen molar-refractivity contribution in [3.63, 3.8) is 0 Å². The van der Waals surface area contributed by atoms with E-state index in [4.69, 9.17) is 27.9 Å². The molecule has 8 nitrogen and oxygen atoms in total. The van der Waals surface area contributed by atoms with Crippen LogP contribution in [0.15, 0.2) is 66.5 Å². The lowest BCUT2D eigenvalue weighted by molar-refractivity contribution is -0.132. The van der Waals surface area contributed by atoms with Crippen molar-refractivity contribution in [1.82, 2.24) is 9.88 Å². The second-order valence-electron chi connectivity index (χ2n) is 9.23. The zero-order valence-corrected chi connectivity index (χ0v) is 22.4. The van der Waals surface area contributed by atoms with Gasteiger partial charge in [0.05, 0.1) is 28.8 Å². The number of anilines is 2. The van der Waals surface area contributed by atoms with Gasteiger partial charge in [0.25, 0.3) is 11.7 Å². The number of halogens is 2. The smallest absolute Gasteiger partial charge is 0.300 e. The molecule has 1 amide bonds. The normalized spacial score (nSPS) is 19.7. The molecule has 0 spiro atoms. The Bertz CT molecular complexity index is 1380. The quantitative estimate of drug-likeness (QED) is 0.277. The van der Waals surface area contributed by atoms with Crippen LogP contribution in [-0.2, 0) is 9.59 Å². The summed E-state index contributed by atoms with van der Waals surface area (Å²) in [7, 11) is 3.53. The summed E-state index contributed by atoms with van der Waals surface area (Å²) < 4.78 is 5.19. The average molecular weight is 553 g/mol. The maximum atomic E-state index is 13.4. The third-order valence-electron chi connectivity index (χ3n) is 6.94. The Kier molecular flexibility index (Phi) is 7.29. The van der Waals surface area contributed by atoms with Gasteiger partial charge in [0.15, 0.2) is 5.75 Å². The summed E-state index contributed by atoms with van der Waals surface area (Å²) in [5.41, 5.74) is 2.33. The highest BCUT2D eigenvalue weighted by atomic mass is 35.5. The molecule has 38 heavy (non-hydrogen) atoms. The molecule has 0 aliphatic carbocycles. The first kappa shape index (κ1) is 26.0. The number of piperazine rings is 1. The van der Waals surface area contributed by atoms with Crippen LogP contribution in [-0.4, -0.2) is 67.0 Å². The largest absolute Gasteiger partial charge is 0.507 e. The van der Waals surface area contributed by atoms with Crippen LogP contribution in [0.4, 0.5) is 11.4 Å². The summed E-state index contributed by atoms with van der Waals surface area (Å²) in [5.74, 6) is -1.69. The van der Waals surface area contributed by atoms with E-state index in [2.05, 4.69) is 21.8 Å². The zero-order valence-electron chi connectivity index (χ0n) is 20.9. The highest BCUT2D eigenvalue weighted by Gasteiger charge is 2.47. The topological polar surface area (TPSA) is 86.2 Å². The van der Waals surface area contributed by atoms with Gasteiger partial charge in [-0.3, -0.25) is 19.5 Å². The van der Waals surface area contributed by atoms with Gasteiger partial charge in [0.2, 0.25) is 0 Å². The average Bonchev–Trinajstić information content (AvgIpc) is 3.19. The van der Waals surface area contributed by atoms with E-state index in [1.807, 2.05) is 24.3 Å². The van der Waals surface area contributed by atoms with Crippen molar-refractivity contribution in [2.75, 3.05) is 50.1 Å². The van der Waals surface area contributed by atoms with Crippen molar-refractivity contribution in [3.8, 4) is 5.75 Å². The first-order valence-electron chi connectivity index (χ1n) is 12.1. The van der Waals surface area contributed by atoms with Crippen LogP contribution in [0, 0.1) is 0 Å². The number of rotatable bonds is 5. The van der Waals surface area contributed by atoms with Gasteiger partial charge in [-0.1, -0.05) is 23.2 Å². The molecular formula is C28H26Cl2N4O4. The zero-order chi connectivity index (χ0) is 27.0. The van der Waals surface area contributed by atoms with Crippen molar-refractivity contribution < 1.29 is 19.4 Å². The summed E-state index contributed by atoms with van der Waals surface area (Å²) in [4.78, 5) is 36.9. The number of carbonyl (C=O) groups is 2. The molecule has 196 valence electrons. The van der Waals surface area contributed by atoms with E-state index in [1.54, 1.807) is 24.5 Å². The Labute approximate surface area is 230 Å². The second-order valence-corrected chi connectivity index (χ2v) is 10.0. The molecule has 1 N–H and O–H groups in total. The Morgan fingerprint density at radius 1 is 0.947 bits per heavy atom. The number of pyridine rings is 1. The van der Waals surface area contributed by atoms with Crippen molar-refractivity contribution in [1.29, 1.82) is 0 Å². The Balaban J connectivity index is 1.59. The third kappa shape index (κ3) is 4.71. The molecule has 2 aromatic carbocycles. The van der Waals surface area contributed by atoms with Crippen molar-refractivity contribution in [2.24, 2.45) is 0 Å². The van der Waals surface area contributed by atoms with E-state index < -0.39 is 17.7 Å². The number of aromatic nitrogens is 1. The second kappa shape index (κ2) is 10.6. The number of nitrogens with zero attached hydrogens (tertiary/aromatic N) is 4. The van der Waals surface area contributed by atoms with Gasteiger partial charge in [-0.05, 0) is 61.1 Å². The van der Waals surface area contributed by atoms with E-state index in [0.29, 0.717) is 11.3 Å². The maximum absolute atomic E-state index is 13.4. The standard InChI is InChI=1S/C28H26Cl2N4O4/c1-32-11-13-33(14-12-32)19-3-5-20(6-4-19)34-24(17-7-9-31-10-8-17)23(26(36)28(34)37)25(35)18-15-21(29)27(38-2)22(30)16-18/h3-10,15-16,24,35H,11-14H2,1-2H3/b25-23+. The van der Waals surface area contributed by atoms with Gasteiger partial charge in [-0.2, -0.15) is 0 Å². The van der Waals surface area contributed by atoms with Crippen molar-refractivity contribution in [2.45, 2.75) is 6.04 Å². The van der Waals surface area contributed by atoms with E-state index in [0.717, 1.165) is 31.9 Å². The number of ether oxygens (including phenoxy) is 1. The van der Waals surface area contributed by atoms with Crippen LogP contribution in [0.2, 0.25) is 10.0 Å². The van der Waals surface area contributed by atoms with Gasteiger partial charge in [-0.15, -0.1) is 0 Å². The number of carbonyl (C=O) groups excluding carboxylic acids is 2. The highest BCUT2D eigenvalue weighted by molar-refractivity contribution is 6.51. The van der Waals surface area contributed by atoms with E-state index in [1.165, 1.54) is 24.1 Å². The Morgan fingerprint density at radius 3 is 2.11 bits per heavy atom. The van der Waals surface area contributed by atoms with Gasteiger partial charge in [0, 0.05) is 55.5 Å². The molecule has 2 aliphatic heterocycles. The molecule has 10 heteroatoms. The molecule has 2 aliphatic rings. The fourth-order valence-electron chi connectivity index (χ4n) is 4.90. The monoisotopic (exact) mass is 552 g/mol. The van der Waals surface area contributed by atoms with Crippen LogP contribution >= 0.6 is 23.2 Å². The summed E-state index contributed by atoms with van der Waals surface area (Å²) in [6.45, 7) is 3.75. The summed E-state index contributed by atoms with van der Waals surface area (Å²) >= 11 is 12.6. The molecule has 1 aromatic heterocycles. The number of Topliss-reactive ketones (excluding diaryl/α,β-unsaturated/α-hetero) is 1. The van der Waals surface area contributed by atoms with Crippen LogP contribution in [0.5, 0.6) is 5.75 Å². The summed E-state index contributed by atoms with van der Waals surface area (Å²) in [6.07, 6.45) is 3.15. The number of aliphatic hydroxyl groups excluding tert-OH is 1. The first-order chi connectivity index (χ1) is 18.3. The van der Waals surface area contributed by atoms with Gasteiger partial charge >= 0.3 is 0 Å². The predicted molar refractivity (Wildman–Crippen MR) is 148 cm³/mol. The minimum atomic E-state index is -0.882. The molecule has 5 rings (SSSR count).